The number of nitrogens with zero attached hydrogens (tertiary/aromatic N) is 2. The van der Waals surface area contributed by atoms with Crippen LogP contribution in [0.25, 0.3) is 0 Å². The van der Waals surface area contributed by atoms with Crippen LogP contribution in [0.5, 0.6) is 0 Å². The van der Waals surface area contributed by atoms with Gasteiger partial charge in [0, 0.05) is 24.0 Å². The molecule has 0 fully saturated rings. The summed E-state index contributed by atoms with van der Waals surface area (Å²) < 4.78 is 0. The molecule has 2 aromatic rings. The van der Waals surface area contributed by atoms with Gasteiger partial charge in [-0.25, -0.2) is 0 Å². The van der Waals surface area contributed by atoms with Crippen LogP contribution < -0.4 is 5.23 Å². The third-order valence-electron chi connectivity index (χ3n) is 4.35. The first-order valence-electron chi connectivity index (χ1n) is 8.05. The second-order valence-electron chi connectivity index (χ2n) is 5.88. The third-order valence-corrected chi connectivity index (χ3v) is 4.35. The summed E-state index contributed by atoms with van der Waals surface area (Å²) in [6.45, 7) is 1.87. The van der Waals surface area contributed by atoms with Gasteiger partial charge in [-0.05, 0) is 29.7 Å². The summed E-state index contributed by atoms with van der Waals surface area (Å²) in [5.74, 6) is 1.67. The van der Waals surface area contributed by atoms with Gasteiger partial charge in [0.15, 0.2) is 0 Å². The van der Waals surface area contributed by atoms with Gasteiger partial charge in [-0.15, -0.1) is 17.6 Å². The first kappa shape index (κ1) is 19.4. The predicted molar refractivity (Wildman–Crippen MR) is 96.1 cm³/mol. The Hall–Kier alpha value is -2.92. The summed E-state index contributed by atoms with van der Waals surface area (Å²) >= 11 is 0. The minimum atomic E-state index is -0.906. The Morgan fingerprint density at radius 3 is 2.00 bits per heavy atom. The van der Waals surface area contributed by atoms with E-state index in [0.29, 0.717) is 17.5 Å². The van der Waals surface area contributed by atoms with E-state index in [1.54, 1.807) is 24.3 Å². The lowest BCUT2D eigenvalue weighted by Gasteiger charge is -2.28. The van der Waals surface area contributed by atoms with Crippen molar-refractivity contribution in [3.63, 3.8) is 0 Å². The van der Waals surface area contributed by atoms with Crippen LogP contribution in [0.15, 0.2) is 48.5 Å². The molecule has 0 spiro atoms. The number of anilines is 1. The molecule has 0 amide bonds. The van der Waals surface area contributed by atoms with Gasteiger partial charge in [0.1, 0.15) is 0 Å². The standard InChI is InChI=1S/C19H20N2O5/c1-3-13(4-2)19(22)18(14-5-9-16(10-6-14)20(23)24)15-7-11-17(12-8-15)21(25)26/h1,5-13,18-19,22-24H,4H2,2H3. The van der Waals surface area contributed by atoms with Crippen LogP contribution in [0.4, 0.5) is 11.4 Å². The van der Waals surface area contributed by atoms with E-state index in [1.807, 2.05) is 6.92 Å². The summed E-state index contributed by atoms with van der Waals surface area (Å²) in [6, 6.07) is 12.2. The second kappa shape index (κ2) is 8.45. The molecule has 2 aromatic carbocycles. The van der Waals surface area contributed by atoms with Crippen molar-refractivity contribution in [2.24, 2.45) is 5.92 Å². The molecule has 0 aliphatic heterocycles. The molecule has 0 aliphatic rings. The molecule has 0 radical (unpaired) electrons. The molecule has 0 bridgehead atoms. The minimum absolute atomic E-state index is 0.00260. The molecule has 3 atom stereocenters. The Morgan fingerprint density at radius 1 is 1.12 bits per heavy atom. The number of hydrogen-bond acceptors (Lipinski definition) is 6. The molecule has 2 rings (SSSR count). The van der Waals surface area contributed by atoms with Gasteiger partial charge >= 0.3 is 0 Å². The molecule has 136 valence electrons. The second-order valence-corrected chi connectivity index (χ2v) is 5.88. The highest BCUT2D eigenvalue weighted by atomic mass is 16.8. The number of rotatable bonds is 7. The molecule has 0 heterocycles. The maximum atomic E-state index is 10.9. The molecular formula is C19H20N2O5. The van der Waals surface area contributed by atoms with Crippen molar-refractivity contribution in [3.8, 4) is 12.3 Å². The van der Waals surface area contributed by atoms with E-state index in [2.05, 4.69) is 5.92 Å². The van der Waals surface area contributed by atoms with Gasteiger partial charge in [0.05, 0.1) is 16.7 Å². The van der Waals surface area contributed by atoms with Crippen LogP contribution in [0.3, 0.4) is 0 Å². The SMILES string of the molecule is C#CC(CC)C(O)C(c1ccc(N(O)O)cc1)c1ccc([N+](=O)[O-])cc1. The largest absolute Gasteiger partial charge is 0.391 e. The van der Waals surface area contributed by atoms with Crippen molar-refractivity contribution < 1.29 is 20.4 Å². The molecule has 7 nitrogen and oxygen atoms in total. The van der Waals surface area contributed by atoms with Gasteiger partial charge in [0.25, 0.3) is 5.69 Å². The van der Waals surface area contributed by atoms with E-state index in [1.165, 1.54) is 24.3 Å². The number of non-ortho nitro benzene ring substituents is 1. The van der Waals surface area contributed by atoms with E-state index >= 15 is 0 Å². The monoisotopic (exact) mass is 356 g/mol. The first-order valence-corrected chi connectivity index (χ1v) is 8.05. The average Bonchev–Trinajstić information content (AvgIpc) is 2.64. The fourth-order valence-electron chi connectivity index (χ4n) is 2.90. The van der Waals surface area contributed by atoms with Crippen LogP contribution in [0, 0.1) is 28.4 Å². The van der Waals surface area contributed by atoms with Crippen molar-refractivity contribution in [2.45, 2.75) is 25.4 Å². The first-order chi connectivity index (χ1) is 12.4. The maximum absolute atomic E-state index is 10.9. The lowest BCUT2D eigenvalue weighted by atomic mass is 9.80. The lowest BCUT2D eigenvalue weighted by molar-refractivity contribution is -0.384. The van der Waals surface area contributed by atoms with Gasteiger partial charge < -0.3 is 5.11 Å². The van der Waals surface area contributed by atoms with Gasteiger partial charge in [-0.2, -0.15) is 0 Å². The average molecular weight is 356 g/mol. The number of benzene rings is 2. The number of aliphatic hydroxyl groups excluding tert-OH is 1. The van der Waals surface area contributed by atoms with Crippen molar-refractivity contribution in [1.29, 1.82) is 0 Å². The van der Waals surface area contributed by atoms with Crippen molar-refractivity contribution >= 4 is 11.4 Å². The summed E-state index contributed by atoms with van der Waals surface area (Å²) in [6.07, 6.45) is 5.20. The molecular weight excluding hydrogens is 336 g/mol. The van der Waals surface area contributed by atoms with Crippen LogP contribution in [-0.2, 0) is 0 Å². The van der Waals surface area contributed by atoms with Crippen molar-refractivity contribution in [3.05, 3.63) is 69.8 Å². The molecule has 3 N–H and O–H groups in total. The molecule has 3 unspecified atom stereocenters. The zero-order valence-corrected chi connectivity index (χ0v) is 14.2. The number of terminal acetylenes is 1. The van der Waals surface area contributed by atoms with Crippen LogP contribution in [-0.4, -0.2) is 26.5 Å². The highest BCUT2D eigenvalue weighted by Gasteiger charge is 2.29. The smallest absolute Gasteiger partial charge is 0.269 e. The van der Waals surface area contributed by atoms with Crippen LogP contribution in [0.1, 0.15) is 30.4 Å². The quantitative estimate of drug-likeness (QED) is 0.399. The Morgan fingerprint density at radius 2 is 1.62 bits per heavy atom. The molecule has 0 saturated heterocycles. The van der Waals surface area contributed by atoms with Crippen LogP contribution >= 0.6 is 0 Å². The summed E-state index contributed by atoms with van der Waals surface area (Å²) in [5.41, 5.74) is 1.49. The van der Waals surface area contributed by atoms with E-state index in [9.17, 15) is 15.2 Å². The molecule has 0 aliphatic carbocycles. The van der Waals surface area contributed by atoms with Crippen LogP contribution in [0.2, 0.25) is 0 Å². The zero-order chi connectivity index (χ0) is 19.3. The number of nitro benzene ring substituents is 1. The maximum Gasteiger partial charge on any atom is 0.269 e. The third kappa shape index (κ3) is 4.18. The van der Waals surface area contributed by atoms with Crippen molar-refractivity contribution in [1.82, 2.24) is 0 Å². The summed E-state index contributed by atoms with van der Waals surface area (Å²) in [7, 11) is 0. The topological polar surface area (TPSA) is 107 Å². The lowest BCUT2D eigenvalue weighted by Crippen LogP contribution is -2.27. The van der Waals surface area contributed by atoms with Crippen molar-refractivity contribution in [2.75, 3.05) is 5.23 Å². The van der Waals surface area contributed by atoms with E-state index in [-0.39, 0.29) is 16.6 Å². The minimum Gasteiger partial charge on any atom is -0.391 e. The van der Waals surface area contributed by atoms with E-state index < -0.39 is 22.9 Å². The van der Waals surface area contributed by atoms with E-state index in [4.69, 9.17) is 16.8 Å². The van der Waals surface area contributed by atoms with Gasteiger partial charge in [-0.1, -0.05) is 31.2 Å². The Bertz CT molecular complexity index is 781. The van der Waals surface area contributed by atoms with E-state index in [0.717, 1.165) is 0 Å². The number of aliphatic hydroxyl groups is 1. The molecule has 0 aromatic heterocycles. The normalized spacial score (nSPS) is 14.1. The number of hydrogen-bond donors (Lipinski definition) is 3. The summed E-state index contributed by atoms with van der Waals surface area (Å²) in [4.78, 5) is 10.4. The highest BCUT2D eigenvalue weighted by Crippen LogP contribution is 2.34. The summed E-state index contributed by atoms with van der Waals surface area (Å²) in [5, 5.41) is 39.9. The number of nitro groups is 1. The zero-order valence-electron chi connectivity index (χ0n) is 14.2. The molecule has 7 heteroatoms. The molecule has 26 heavy (non-hydrogen) atoms. The Labute approximate surface area is 151 Å². The fourth-order valence-corrected chi connectivity index (χ4v) is 2.90. The van der Waals surface area contributed by atoms with Gasteiger partial charge in [-0.3, -0.25) is 20.5 Å². The predicted octanol–water partition coefficient (Wildman–Crippen LogP) is 3.33. The Balaban J connectivity index is 2.47. The van der Waals surface area contributed by atoms with Gasteiger partial charge in [0.2, 0.25) is 0 Å². The molecule has 0 saturated carbocycles. The Kier molecular flexibility index (Phi) is 6.31. The highest BCUT2D eigenvalue weighted by molar-refractivity contribution is 5.46. The fraction of sp³-hybridized carbons (Fsp3) is 0.263.